The normalized spacial score (nSPS) is 16.3. The van der Waals surface area contributed by atoms with Gasteiger partial charge in [-0.3, -0.25) is 0 Å². The highest BCUT2D eigenvalue weighted by Crippen LogP contribution is 2.33. The average molecular weight is 346 g/mol. The van der Waals surface area contributed by atoms with Crippen molar-refractivity contribution >= 4 is 15.9 Å². The van der Waals surface area contributed by atoms with Gasteiger partial charge in [0.1, 0.15) is 5.75 Å². The van der Waals surface area contributed by atoms with Crippen LogP contribution in [0.15, 0.2) is 53.0 Å². The first-order chi connectivity index (χ1) is 10.2. The predicted molar refractivity (Wildman–Crippen MR) is 90.0 cm³/mol. The van der Waals surface area contributed by atoms with Crippen molar-refractivity contribution in [1.29, 1.82) is 0 Å². The first-order valence-corrected chi connectivity index (χ1v) is 8.14. The summed E-state index contributed by atoms with van der Waals surface area (Å²) < 4.78 is 6.97. The highest BCUT2D eigenvalue weighted by molar-refractivity contribution is 9.10. The number of rotatable bonds is 5. The second-order valence-corrected chi connectivity index (χ2v) is 6.72. The van der Waals surface area contributed by atoms with Gasteiger partial charge in [0.25, 0.3) is 0 Å². The first kappa shape index (κ1) is 14.6. The molecule has 3 heteroatoms. The lowest BCUT2D eigenvalue weighted by molar-refractivity contribution is 0.199. The van der Waals surface area contributed by atoms with E-state index >= 15 is 0 Å². The molecule has 0 bridgehead atoms. The maximum absolute atomic E-state index is 5.91. The molecule has 2 aromatic carbocycles. The molecule has 1 fully saturated rings. The van der Waals surface area contributed by atoms with Crippen molar-refractivity contribution in [3.8, 4) is 5.75 Å². The van der Waals surface area contributed by atoms with Crippen LogP contribution in [0, 0.1) is 6.92 Å². The third-order valence-electron chi connectivity index (χ3n) is 4.20. The molecule has 0 unspecified atom stereocenters. The van der Waals surface area contributed by atoms with Gasteiger partial charge in [-0.15, -0.1) is 0 Å². The highest BCUT2D eigenvalue weighted by Gasteiger charge is 2.38. The van der Waals surface area contributed by atoms with Gasteiger partial charge in [0.05, 0.1) is 6.61 Å². The zero-order valence-corrected chi connectivity index (χ0v) is 13.8. The molecule has 1 aliphatic heterocycles. The van der Waals surface area contributed by atoms with Gasteiger partial charge in [-0.05, 0) is 37.1 Å². The minimum Gasteiger partial charge on any atom is -0.494 e. The molecule has 1 aliphatic rings. The summed E-state index contributed by atoms with van der Waals surface area (Å²) in [5.41, 5.74) is 2.99. The Morgan fingerprint density at radius 2 is 1.95 bits per heavy atom. The van der Waals surface area contributed by atoms with Gasteiger partial charge < -0.3 is 10.1 Å². The molecule has 0 spiro atoms. The smallest absolute Gasteiger partial charge is 0.120 e. The van der Waals surface area contributed by atoms with E-state index in [1.54, 1.807) is 0 Å². The molecule has 110 valence electrons. The summed E-state index contributed by atoms with van der Waals surface area (Å²) in [5.74, 6) is 0.927. The molecule has 1 heterocycles. The fourth-order valence-corrected chi connectivity index (χ4v) is 3.23. The van der Waals surface area contributed by atoms with Crippen LogP contribution >= 0.6 is 15.9 Å². The van der Waals surface area contributed by atoms with Crippen LogP contribution < -0.4 is 10.1 Å². The summed E-state index contributed by atoms with van der Waals surface area (Å²) in [6, 6.07) is 16.9. The highest BCUT2D eigenvalue weighted by atomic mass is 79.9. The molecule has 0 amide bonds. The van der Waals surface area contributed by atoms with Crippen molar-refractivity contribution in [2.24, 2.45) is 0 Å². The second-order valence-electron chi connectivity index (χ2n) is 5.81. The van der Waals surface area contributed by atoms with Crippen molar-refractivity contribution in [1.82, 2.24) is 5.32 Å². The summed E-state index contributed by atoms with van der Waals surface area (Å²) in [6.45, 7) is 4.98. The molecule has 2 aromatic rings. The van der Waals surface area contributed by atoms with Crippen molar-refractivity contribution in [2.75, 3.05) is 19.7 Å². The Bertz CT molecular complexity index is 622. The topological polar surface area (TPSA) is 21.3 Å². The van der Waals surface area contributed by atoms with Crippen LogP contribution in [0.4, 0.5) is 0 Å². The largest absolute Gasteiger partial charge is 0.494 e. The van der Waals surface area contributed by atoms with Gasteiger partial charge in [-0.25, -0.2) is 0 Å². The lowest BCUT2D eigenvalue weighted by Crippen LogP contribution is -2.57. The molecule has 0 saturated carbocycles. The van der Waals surface area contributed by atoms with Gasteiger partial charge in [0.2, 0.25) is 0 Å². The van der Waals surface area contributed by atoms with Crippen molar-refractivity contribution < 1.29 is 4.74 Å². The van der Waals surface area contributed by atoms with Crippen LogP contribution in [0.1, 0.15) is 17.5 Å². The van der Waals surface area contributed by atoms with Crippen LogP contribution in [0.2, 0.25) is 0 Å². The second kappa shape index (κ2) is 6.20. The van der Waals surface area contributed by atoms with Crippen LogP contribution in [-0.2, 0) is 5.41 Å². The number of ether oxygens (including phenoxy) is 1. The summed E-state index contributed by atoms with van der Waals surface area (Å²) in [7, 11) is 0. The average Bonchev–Trinajstić information content (AvgIpc) is 2.42. The molecule has 1 saturated heterocycles. The molecule has 3 rings (SSSR count). The molecule has 0 radical (unpaired) electrons. The Morgan fingerprint density at radius 3 is 2.62 bits per heavy atom. The van der Waals surface area contributed by atoms with E-state index in [0.717, 1.165) is 36.3 Å². The molecule has 0 aromatic heterocycles. The Hall–Kier alpha value is -1.32. The molecule has 2 nitrogen and oxygen atoms in total. The SMILES string of the molecule is Cc1cccc(C2(CCOc3cccc(Br)c3)CNC2)c1. The zero-order chi connectivity index (χ0) is 14.7. The molecule has 0 aliphatic carbocycles. The van der Waals surface area contributed by atoms with E-state index in [1.165, 1.54) is 11.1 Å². The zero-order valence-electron chi connectivity index (χ0n) is 12.2. The van der Waals surface area contributed by atoms with E-state index in [4.69, 9.17) is 4.74 Å². The Kier molecular flexibility index (Phi) is 4.32. The van der Waals surface area contributed by atoms with Crippen molar-refractivity contribution in [3.05, 3.63) is 64.1 Å². The number of nitrogens with one attached hydrogen (secondary N) is 1. The van der Waals surface area contributed by atoms with Gasteiger partial charge in [0, 0.05) is 23.0 Å². The van der Waals surface area contributed by atoms with Gasteiger partial charge in [-0.1, -0.05) is 51.8 Å². The van der Waals surface area contributed by atoms with Crippen LogP contribution in [0.25, 0.3) is 0 Å². The lowest BCUT2D eigenvalue weighted by Gasteiger charge is -2.43. The first-order valence-electron chi connectivity index (χ1n) is 7.34. The standard InChI is InChI=1S/C18H20BrNO/c1-14-4-2-5-15(10-14)18(12-20-13-18)8-9-21-17-7-3-6-16(19)11-17/h2-7,10-11,20H,8-9,12-13H2,1H3. The fourth-order valence-electron chi connectivity index (χ4n) is 2.85. The van der Waals surface area contributed by atoms with E-state index in [-0.39, 0.29) is 5.41 Å². The quantitative estimate of drug-likeness (QED) is 0.881. The van der Waals surface area contributed by atoms with Gasteiger partial charge in [-0.2, -0.15) is 0 Å². The van der Waals surface area contributed by atoms with Crippen LogP contribution in [-0.4, -0.2) is 19.7 Å². The molecule has 0 atom stereocenters. The third-order valence-corrected chi connectivity index (χ3v) is 4.70. The summed E-state index contributed by atoms with van der Waals surface area (Å²) in [5, 5.41) is 3.41. The third kappa shape index (κ3) is 3.30. The Morgan fingerprint density at radius 1 is 1.14 bits per heavy atom. The van der Waals surface area contributed by atoms with E-state index in [1.807, 2.05) is 24.3 Å². The summed E-state index contributed by atoms with van der Waals surface area (Å²) in [4.78, 5) is 0. The number of hydrogen-bond acceptors (Lipinski definition) is 2. The number of benzene rings is 2. The lowest BCUT2D eigenvalue weighted by atomic mass is 9.72. The minimum absolute atomic E-state index is 0.234. The number of halogens is 1. The molecular weight excluding hydrogens is 326 g/mol. The van der Waals surface area contributed by atoms with Gasteiger partial charge in [0.15, 0.2) is 0 Å². The predicted octanol–water partition coefficient (Wildman–Crippen LogP) is 4.07. The van der Waals surface area contributed by atoms with E-state index in [9.17, 15) is 0 Å². The van der Waals surface area contributed by atoms with E-state index in [2.05, 4.69) is 52.4 Å². The number of aryl methyl sites for hydroxylation is 1. The maximum atomic E-state index is 5.91. The number of hydrogen-bond donors (Lipinski definition) is 1. The summed E-state index contributed by atoms with van der Waals surface area (Å²) in [6.07, 6.45) is 1.04. The monoisotopic (exact) mass is 345 g/mol. The minimum atomic E-state index is 0.234. The van der Waals surface area contributed by atoms with Crippen LogP contribution in [0.5, 0.6) is 5.75 Å². The van der Waals surface area contributed by atoms with E-state index < -0.39 is 0 Å². The van der Waals surface area contributed by atoms with Crippen LogP contribution in [0.3, 0.4) is 0 Å². The van der Waals surface area contributed by atoms with E-state index in [0.29, 0.717) is 0 Å². The van der Waals surface area contributed by atoms with Crippen molar-refractivity contribution in [2.45, 2.75) is 18.8 Å². The van der Waals surface area contributed by atoms with Crippen molar-refractivity contribution in [3.63, 3.8) is 0 Å². The maximum Gasteiger partial charge on any atom is 0.120 e. The van der Waals surface area contributed by atoms with Gasteiger partial charge >= 0.3 is 0 Å². The molecule has 1 N–H and O–H groups in total. The molecule has 21 heavy (non-hydrogen) atoms. The Labute approximate surface area is 134 Å². The Balaban J connectivity index is 1.65. The molecular formula is C18H20BrNO. The fraction of sp³-hybridized carbons (Fsp3) is 0.333. The summed E-state index contributed by atoms with van der Waals surface area (Å²) >= 11 is 3.47.